The molecule has 1 aromatic rings. The minimum atomic E-state index is -3.99. The summed E-state index contributed by atoms with van der Waals surface area (Å²) in [6.07, 6.45) is 1.16. The van der Waals surface area contributed by atoms with Crippen molar-refractivity contribution in [1.82, 2.24) is 4.72 Å². The molecular weight excluding hydrogens is 321 g/mol. The first-order chi connectivity index (χ1) is 9.84. The van der Waals surface area contributed by atoms with Gasteiger partial charge in [-0.3, -0.25) is 0 Å². The zero-order valence-electron chi connectivity index (χ0n) is 11.3. The SMILES string of the molecule is O=S(=O)(NCCC1(O)CCOCC1)c1cccc(Cl)c1F. The summed E-state index contributed by atoms with van der Waals surface area (Å²) in [5, 5.41) is 9.98. The van der Waals surface area contributed by atoms with Crippen LogP contribution in [0.5, 0.6) is 0 Å². The van der Waals surface area contributed by atoms with Gasteiger partial charge in [-0.1, -0.05) is 17.7 Å². The van der Waals surface area contributed by atoms with Crippen molar-refractivity contribution in [2.45, 2.75) is 29.8 Å². The average molecular weight is 338 g/mol. The highest BCUT2D eigenvalue weighted by molar-refractivity contribution is 7.89. The lowest BCUT2D eigenvalue weighted by molar-refractivity contribution is -0.0667. The van der Waals surface area contributed by atoms with Crippen LogP contribution in [0.15, 0.2) is 23.1 Å². The predicted molar refractivity (Wildman–Crippen MR) is 76.2 cm³/mol. The van der Waals surface area contributed by atoms with Gasteiger partial charge in [-0.2, -0.15) is 0 Å². The molecule has 0 aromatic heterocycles. The first kappa shape index (κ1) is 16.6. The van der Waals surface area contributed by atoms with Crippen molar-refractivity contribution >= 4 is 21.6 Å². The third-order valence-corrected chi connectivity index (χ3v) is 5.28. The summed E-state index contributed by atoms with van der Waals surface area (Å²) in [6, 6.07) is 3.79. The molecule has 0 spiro atoms. The summed E-state index contributed by atoms with van der Waals surface area (Å²) in [7, 11) is -3.99. The Labute approximate surface area is 128 Å². The molecule has 0 amide bonds. The molecule has 1 aliphatic heterocycles. The van der Waals surface area contributed by atoms with Crippen LogP contribution in [-0.2, 0) is 14.8 Å². The molecule has 0 aliphatic carbocycles. The Morgan fingerprint density at radius 3 is 2.71 bits per heavy atom. The second-order valence-electron chi connectivity index (χ2n) is 5.04. The lowest BCUT2D eigenvalue weighted by Gasteiger charge is -2.32. The van der Waals surface area contributed by atoms with Crippen molar-refractivity contribution in [1.29, 1.82) is 0 Å². The van der Waals surface area contributed by atoms with Gasteiger partial charge in [-0.05, 0) is 31.4 Å². The number of hydrogen-bond donors (Lipinski definition) is 2. The van der Waals surface area contributed by atoms with Gasteiger partial charge in [0.1, 0.15) is 4.90 Å². The van der Waals surface area contributed by atoms with E-state index in [0.717, 1.165) is 6.07 Å². The highest BCUT2D eigenvalue weighted by Crippen LogP contribution is 2.25. The maximum absolute atomic E-state index is 13.7. The summed E-state index contributed by atoms with van der Waals surface area (Å²) in [5.74, 6) is -0.976. The highest BCUT2D eigenvalue weighted by Gasteiger charge is 2.30. The fourth-order valence-electron chi connectivity index (χ4n) is 2.19. The van der Waals surface area contributed by atoms with E-state index >= 15 is 0 Å². The molecule has 1 aromatic carbocycles. The van der Waals surface area contributed by atoms with Gasteiger partial charge in [0.05, 0.1) is 10.6 Å². The Kier molecular flexibility index (Phi) is 5.21. The fourth-order valence-corrected chi connectivity index (χ4v) is 3.55. The van der Waals surface area contributed by atoms with Crippen LogP contribution in [0.3, 0.4) is 0 Å². The molecule has 118 valence electrons. The normalized spacial score (nSPS) is 18.6. The number of nitrogens with one attached hydrogen (secondary N) is 1. The standard InChI is InChI=1S/C13H17ClFNO4S/c14-10-2-1-3-11(12(10)15)21(18,19)16-7-4-13(17)5-8-20-9-6-13/h1-3,16-17H,4-9H2. The minimum absolute atomic E-state index is 0.0186. The smallest absolute Gasteiger partial charge is 0.243 e. The van der Waals surface area contributed by atoms with E-state index in [-0.39, 0.29) is 18.0 Å². The van der Waals surface area contributed by atoms with Crippen LogP contribution in [0.2, 0.25) is 5.02 Å². The van der Waals surface area contributed by atoms with E-state index in [2.05, 4.69) is 4.72 Å². The molecular formula is C13H17ClFNO4S. The van der Waals surface area contributed by atoms with Crippen LogP contribution in [0.1, 0.15) is 19.3 Å². The zero-order valence-corrected chi connectivity index (χ0v) is 12.9. The van der Waals surface area contributed by atoms with E-state index in [9.17, 15) is 17.9 Å². The molecule has 8 heteroatoms. The van der Waals surface area contributed by atoms with Gasteiger partial charge < -0.3 is 9.84 Å². The number of aliphatic hydroxyl groups is 1. The molecule has 2 rings (SSSR count). The largest absolute Gasteiger partial charge is 0.390 e. The minimum Gasteiger partial charge on any atom is -0.390 e. The van der Waals surface area contributed by atoms with Crippen molar-refractivity contribution in [2.75, 3.05) is 19.8 Å². The van der Waals surface area contributed by atoms with E-state index in [1.165, 1.54) is 12.1 Å². The molecule has 1 fully saturated rings. The van der Waals surface area contributed by atoms with Crippen molar-refractivity contribution in [3.05, 3.63) is 29.0 Å². The number of halogens is 2. The Bertz CT molecular complexity index is 602. The molecule has 2 N–H and O–H groups in total. The molecule has 1 saturated heterocycles. The first-order valence-electron chi connectivity index (χ1n) is 6.58. The molecule has 5 nitrogen and oxygen atoms in total. The summed E-state index contributed by atoms with van der Waals surface area (Å²) >= 11 is 5.58. The molecule has 0 radical (unpaired) electrons. The summed E-state index contributed by atoms with van der Waals surface area (Å²) < 4.78 is 45.2. The molecule has 0 bridgehead atoms. The van der Waals surface area contributed by atoms with Gasteiger partial charge in [0.15, 0.2) is 5.82 Å². The van der Waals surface area contributed by atoms with Gasteiger partial charge in [-0.25, -0.2) is 17.5 Å². The monoisotopic (exact) mass is 337 g/mol. The van der Waals surface area contributed by atoms with Crippen LogP contribution in [0.25, 0.3) is 0 Å². The Morgan fingerprint density at radius 2 is 2.05 bits per heavy atom. The maximum Gasteiger partial charge on any atom is 0.243 e. The second kappa shape index (κ2) is 6.58. The van der Waals surface area contributed by atoms with Crippen LogP contribution in [0.4, 0.5) is 4.39 Å². The Balaban J connectivity index is 2.00. The topological polar surface area (TPSA) is 75.6 Å². The van der Waals surface area contributed by atoms with Gasteiger partial charge in [0.25, 0.3) is 0 Å². The van der Waals surface area contributed by atoms with E-state index in [1.807, 2.05) is 0 Å². The zero-order chi connectivity index (χ0) is 15.5. The number of sulfonamides is 1. The Hall–Kier alpha value is -0.730. The van der Waals surface area contributed by atoms with E-state index in [4.69, 9.17) is 16.3 Å². The quantitative estimate of drug-likeness (QED) is 0.857. The second-order valence-corrected chi connectivity index (χ2v) is 7.18. The molecule has 0 saturated carbocycles. The lowest BCUT2D eigenvalue weighted by atomic mass is 9.91. The van der Waals surface area contributed by atoms with Crippen LogP contribution in [-0.4, -0.2) is 38.9 Å². The van der Waals surface area contributed by atoms with Gasteiger partial charge in [-0.15, -0.1) is 0 Å². The van der Waals surface area contributed by atoms with Crippen LogP contribution < -0.4 is 4.72 Å². The number of rotatable bonds is 5. The van der Waals surface area contributed by atoms with Gasteiger partial charge >= 0.3 is 0 Å². The number of ether oxygens (including phenoxy) is 1. The maximum atomic E-state index is 13.7. The average Bonchev–Trinajstić information content (AvgIpc) is 2.42. The third-order valence-electron chi connectivity index (χ3n) is 3.51. The van der Waals surface area contributed by atoms with Crippen molar-refractivity contribution in [3.63, 3.8) is 0 Å². The van der Waals surface area contributed by atoms with Crippen molar-refractivity contribution in [2.24, 2.45) is 0 Å². The number of hydrogen-bond acceptors (Lipinski definition) is 4. The van der Waals surface area contributed by atoms with Crippen molar-refractivity contribution < 1.29 is 22.7 Å². The van der Waals surface area contributed by atoms with Crippen LogP contribution in [0, 0.1) is 5.82 Å². The predicted octanol–water partition coefficient (Wildman–Crippen LogP) is 1.69. The van der Waals surface area contributed by atoms with E-state index < -0.39 is 26.3 Å². The van der Waals surface area contributed by atoms with Gasteiger partial charge in [0.2, 0.25) is 10.0 Å². The lowest BCUT2D eigenvalue weighted by Crippen LogP contribution is -2.39. The molecule has 21 heavy (non-hydrogen) atoms. The third kappa shape index (κ3) is 4.14. The molecule has 1 heterocycles. The highest BCUT2D eigenvalue weighted by atomic mass is 35.5. The van der Waals surface area contributed by atoms with Crippen molar-refractivity contribution in [3.8, 4) is 0 Å². The summed E-state index contributed by atoms with van der Waals surface area (Å²) in [6.45, 7) is 0.920. The first-order valence-corrected chi connectivity index (χ1v) is 8.44. The molecule has 1 aliphatic rings. The van der Waals surface area contributed by atoms with Gasteiger partial charge in [0, 0.05) is 19.8 Å². The summed E-state index contributed by atoms with van der Waals surface area (Å²) in [4.78, 5) is -0.492. The summed E-state index contributed by atoms with van der Waals surface area (Å²) in [5.41, 5.74) is -0.937. The van der Waals surface area contributed by atoms with E-state index in [1.54, 1.807) is 0 Å². The molecule has 0 unspecified atom stereocenters. The van der Waals surface area contributed by atoms with Crippen LogP contribution >= 0.6 is 11.6 Å². The fraction of sp³-hybridized carbons (Fsp3) is 0.538. The Morgan fingerprint density at radius 1 is 1.38 bits per heavy atom. The molecule has 0 atom stereocenters. The van der Waals surface area contributed by atoms with E-state index in [0.29, 0.717) is 26.1 Å². The number of benzene rings is 1.